The van der Waals surface area contributed by atoms with Crippen LogP contribution in [-0.4, -0.2) is 70.7 Å². The number of rotatable bonds is 5. The van der Waals surface area contributed by atoms with E-state index in [-0.39, 0.29) is 23.8 Å². The number of nitrogens with zero attached hydrogens (tertiary/aromatic N) is 3. The van der Waals surface area contributed by atoms with Gasteiger partial charge in [0.15, 0.2) is 0 Å². The lowest BCUT2D eigenvalue weighted by Crippen LogP contribution is -2.41. The van der Waals surface area contributed by atoms with Crippen molar-refractivity contribution in [2.24, 2.45) is 5.92 Å². The number of morpholine rings is 1. The smallest absolute Gasteiger partial charge is 0.254 e. The molecule has 0 bridgehead atoms. The molecule has 3 heterocycles. The number of nitrogens with one attached hydrogen (secondary N) is 1. The van der Waals surface area contributed by atoms with E-state index in [0.29, 0.717) is 48.3 Å². The first-order valence-corrected chi connectivity index (χ1v) is 14.0. The van der Waals surface area contributed by atoms with Crippen LogP contribution in [-0.2, 0) is 28.8 Å². The van der Waals surface area contributed by atoms with E-state index in [2.05, 4.69) is 15.1 Å². The van der Waals surface area contributed by atoms with Gasteiger partial charge < -0.3 is 14.5 Å². The normalized spacial score (nSPS) is 21.6. The van der Waals surface area contributed by atoms with E-state index < -0.39 is 0 Å². The van der Waals surface area contributed by atoms with Gasteiger partial charge in [0.2, 0.25) is 5.91 Å². The lowest BCUT2D eigenvalue weighted by atomic mass is 9.92. The molecule has 2 atom stereocenters. The molecule has 38 heavy (non-hydrogen) atoms. The van der Waals surface area contributed by atoms with Gasteiger partial charge in [0.1, 0.15) is 0 Å². The van der Waals surface area contributed by atoms with Crippen molar-refractivity contribution in [1.29, 1.82) is 0 Å². The Hall–Kier alpha value is -2.87. The molecule has 3 aliphatic rings. The van der Waals surface area contributed by atoms with Gasteiger partial charge in [0, 0.05) is 53.4 Å². The van der Waals surface area contributed by atoms with Gasteiger partial charge in [-0.1, -0.05) is 35.3 Å². The second-order valence-corrected chi connectivity index (χ2v) is 11.2. The monoisotopic (exact) mass is 552 g/mol. The number of carbonyl (C=O) groups is 2. The Balaban J connectivity index is 1.13. The first-order valence-electron chi connectivity index (χ1n) is 13.3. The molecule has 2 aromatic carbocycles. The number of amides is 2. The molecule has 2 aliphatic heterocycles. The number of aromatic amines is 1. The van der Waals surface area contributed by atoms with Crippen molar-refractivity contribution < 1.29 is 14.3 Å². The van der Waals surface area contributed by atoms with E-state index in [9.17, 15) is 9.59 Å². The number of carbonyl (C=O) groups excluding carboxylic acids is 2. The largest absolute Gasteiger partial charge is 0.378 e. The Morgan fingerprint density at radius 3 is 2.50 bits per heavy atom. The van der Waals surface area contributed by atoms with E-state index in [1.54, 1.807) is 0 Å². The second kappa shape index (κ2) is 10.7. The van der Waals surface area contributed by atoms with Gasteiger partial charge in [0.25, 0.3) is 5.91 Å². The highest BCUT2D eigenvalue weighted by atomic mass is 35.5. The molecule has 0 saturated carbocycles. The van der Waals surface area contributed by atoms with Crippen LogP contribution in [0.25, 0.3) is 11.1 Å². The minimum Gasteiger partial charge on any atom is -0.378 e. The summed E-state index contributed by atoms with van der Waals surface area (Å²) in [5, 5.41) is 8.38. The number of likely N-dealkylation sites (tertiary alicyclic amines) is 1. The standard InChI is InChI=1S/C29H30Cl2N4O3/c30-25-15-21(18-1-3-19(4-2-18)28(36)34-9-11-38-12-10-34)16-26(31)24(25)14-20-7-8-35(29(20)37)23-5-6-27-22(13-23)17-32-33-27/h1-4,15-17,20,23H,5-14H2,(H,32,33)/t20-,23-/m0/s1. The third kappa shape index (κ3) is 4.95. The molecule has 198 valence electrons. The molecule has 1 aromatic heterocycles. The van der Waals surface area contributed by atoms with Crippen LogP contribution in [0, 0.1) is 5.92 Å². The number of H-pyrrole nitrogens is 1. The highest BCUT2D eigenvalue weighted by Gasteiger charge is 2.38. The molecule has 7 nitrogen and oxygen atoms in total. The van der Waals surface area contributed by atoms with Crippen LogP contribution in [0.4, 0.5) is 0 Å². The quantitative estimate of drug-likeness (QED) is 0.492. The van der Waals surface area contributed by atoms with Crippen LogP contribution in [0.1, 0.15) is 40.0 Å². The van der Waals surface area contributed by atoms with Gasteiger partial charge in [-0.15, -0.1) is 0 Å². The fourth-order valence-corrected chi connectivity index (χ4v) is 6.58. The van der Waals surface area contributed by atoms with Crippen molar-refractivity contribution in [3.05, 3.63) is 75.0 Å². The summed E-state index contributed by atoms with van der Waals surface area (Å²) < 4.78 is 5.34. The van der Waals surface area contributed by atoms with E-state index in [4.69, 9.17) is 27.9 Å². The lowest BCUT2D eigenvalue weighted by Gasteiger charge is -2.31. The van der Waals surface area contributed by atoms with E-state index in [1.807, 2.05) is 47.5 Å². The lowest BCUT2D eigenvalue weighted by molar-refractivity contribution is -0.133. The molecule has 3 aromatic rings. The number of hydrogen-bond donors (Lipinski definition) is 1. The zero-order chi connectivity index (χ0) is 26.2. The van der Waals surface area contributed by atoms with Gasteiger partial charge in [-0.05, 0) is 78.6 Å². The minimum absolute atomic E-state index is 0.0139. The fourth-order valence-electron chi connectivity index (χ4n) is 5.94. The predicted molar refractivity (Wildman–Crippen MR) is 147 cm³/mol. The zero-order valence-electron chi connectivity index (χ0n) is 21.1. The molecule has 0 radical (unpaired) electrons. The maximum absolute atomic E-state index is 13.4. The maximum atomic E-state index is 13.4. The van der Waals surface area contributed by atoms with Gasteiger partial charge in [-0.25, -0.2) is 0 Å². The van der Waals surface area contributed by atoms with Crippen LogP contribution in [0.15, 0.2) is 42.6 Å². The highest BCUT2D eigenvalue weighted by Crippen LogP contribution is 2.36. The molecule has 9 heteroatoms. The molecule has 2 fully saturated rings. The van der Waals surface area contributed by atoms with Crippen LogP contribution < -0.4 is 0 Å². The maximum Gasteiger partial charge on any atom is 0.254 e. The van der Waals surface area contributed by atoms with Crippen LogP contribution >= 0.6 is 23.2 Å². The van der Waals surface area contributed by atoms with Crippen molar-refractivity contribution in [3.8, 4) is 11.1 Å². The van der Waals surface area contributed by atoms with Crippen molar-refractivity contribution in [2.45, 2.75) is 38.1 Å². The first-order chi connectivity index (χ1) is 18.5. The third-order valence-electron chi connectivity index (χ3n) is 8.13. The van der Waals surface area contributed by atoms with Gasteiger partial charge in [-0.3, -0.25) is 14.7 Å². The Labute approximate surface area is 232 Å². The molecular weight excluding hydrogens is 523 g/mol. The summed E-state index contributed by atoms with van der Waals surface area (Å²) in [4.78, 5) is 30.0. The summed E-state index contributed by atoms with van der Waals surface area (Å²) in [6, 6.07) is 11.6. The number of fused-ring (bicyclic) bond motifs is 1. The summed E-state index contributed by atoms with van der Waals surface area (Å²) in [7, 11) is 0. The summed E-state index contributed by atoms with van der Waals surface area (Å²) in [6.07, 6.45) is 6.00. The summed E-state index contributed by atoms with van der Waals surface area (Å²) >= 11 is 13.5. The number of aryl methyl sites for hydroxylation is 1. The fraction of sp³-hybridized carbons (Fsp3) is 0.414. The number of hydrogen-bond acceptors (Lipinski definition) is 4. The van der Waals surface area contributed by atoms with Crippen LogP contribution in [0.3, 0.4) is 0 Å². The van der Waals surface area contributed by atoms with E-state index >= 15 is 0 Å². The molecular formula is C29H30Cl2N4O3. The Morgan fingerprint density at radius 1 is 1.03 bits per heavy atom. The van der Waals surface area contributed by atoms with Crippen molar-refractivity contribution in [1.82, 2.24) is 20.0 Å². The third-order valence-corrected chi connectivity index (χ3v) is 8.80. The van der Waals surface area contributed by atoms with Crippen LogP contribution in [0.5, 0.6) is 0 Å². The topological polar surface area (TPSA) is 78.5 Å². The molecule has 1 aliphatic carbocycles. The highest BCUT2D eigenvalue weighted by molar-refractivity contribution is 6.36. The number of benzene rings is 2. The molecule has 2 amide bonds. The van der Waals surface area contributed by atoms with Gasteiger partial charge >= 0.3 is 0 Å². The van der Waals surface area contributed by atoms with Gasteiger partial charge in [-0.2, -0.15) is 5.10 Å². The first kappa shape index (κ1) is 25.4. The molecule has 0 unspecified atom stereocenters. The zero-order valence-corrected chi connectivity index (χ0v) is 22.6. The SMILES string of the molecule is O=C(c1ccc(-c2cc(Cl)c(C[C@@H]3CCN([C@H]4CCc5n[nH]cc5C4)C3=O)c(Cl)c2)cc1)N1CCOCC1. The Bertz CT molecular complexity index is 1330. The van der Waals surface area contributed by atoms with Crippen molar-refractivity contribution in [2.75, 3.05) is 32.8 Å². The van der Waals surface area contributed by atoms with E-state index in [1.165, 1.54) is 5.56 Å². The summed E-state index contributed by atoms with van der Waals surface area (Å²) in [5.41, 5.74) is 5.62. The van der Waals surface area contributed by atoms with Gasteiger partial charge in [0.05, 0.1) is 18.9 Å². The summed E-state index contributed by atoms with van der Waals surface area (Å²) in [5.74, 6) is 0.0886. The second-order valence-electron chi connectivity index (χ2n) is 10.4. The average Bonchev–Trinajstić information content (AvgIpc) is 3.56. The Morgan fingerprint density at radius 2 is 1.76 bits per heavy atom. The van der Waals surface area contributed by atoms with Crippen molar-refractivity contribution in [3.63, 3.8) is 0 Å². The minimum atomic E-state index is -0.118. The van der Waals surface area contributed by atoms with E-state index in [0.717, 1.165) is 54.6 Å². The average molecular weight is 553 g/mol. The number of ether oxygens (including phenoxy) is 1. The molecule has 6 rings (SSSR count). The molecule has 2 saturated heterocycles. The summed E-state index contributed by atoms with van der Waals surface area (Å²) in [6.45, 7) is 3.14. The Kier molecular flexibility index (Phi) is 7.16. The number of aromatic nitrogens is 2. The van der Waals surface area contributed by atoms with Crippen molar-refractivity contribution >= 4 is 35.0 Å². The molecule has 1 N–H and O–H groups in total. The number of halogens is 2. The predicted octanol–water partition coefficient (Wildman–Crippen LogP) is 4.80. The van der Waals surface area contributed by atoms with Crippen LogP contribution in [0.2, 0.25) is 10.0 Å². The molecule has 0 spiro atoms.